The normalized spacial score (nSPS) is 12.4. The highest BCUT2D eigenvalue weighted by Gasteiger charge is 2.22. The van der Waals surface area contributed by atoms with Gasteiger partial charge >= 0.3 is 0 Å². The average Bonchev–Trinajstić information content (AvgIpc) is 2.73. The number of amides is 1. The number of aromatic nitrogens is 1. The average molecular weight is 416 g/mol. The smallest absolute Gasteiger partial charge is 0.253 e. The molecule has 144 valence electrons. The molecule has 0 aliphatic heterocycles. The Morgan fingerprint density at radius 2 is 1.75 bits per heavy atom. The van der Waals surface area contributed by atoms with Crippen LogP contribution in [-0.4, -0.2) is 26.4 Å². The second kappa shape index (κ2) is 8.52. The molecule has 8 heteroatoms. The van der Waals surface area contributed by atoms with Crippen LogP contribution in [0.15, 0.2) is 77.8 Å². The Kier molecular flexibility index (Phi) is 6.08. The molecule has 0 aliphatic carbocycles. The third-order valence-electron chi connectivity index (χ3n) is 4.15. The maximum Gasteiger partial charge on any atom is 0.253 e. The SMILES string of the molecule is CNS(=O)(=O)c1ccc(Cl)c(C(=O)NC(c2ccccc2)c2ccccn2)c1. The van der Waals surface area contributed by atoms with E-state index in [4.69, 9.17) is 11.6 Å². The molecule has 3 aromatic rings. The predicted octanol–water partition coefficient (Wildman–Crippen LogP) is 3.16. The molecule has 0 radical (unpaired) electrons. The first-order chi connectivity index (χ1) is 13.4. The van der Waals surface area contributed by atoms with Gasteiger partial charge < -0.3 is 5.32 Å². The maximum absolute atomic E-state index is 13.0. The molecule has 6 nitrogen and oxygen atoms in total. The van der Waals surface area contributed by atoms with E-state index in [2.05, 4.69) is 15.0 Å². The van der Waals surface area contributed by atoms with E-state index in [9.17, 15) is 13.2 Å². The molecule has 28 heavy (non-hydrogen) atoms. The third-order valence-corrected chi connectivity index (χ3v) is 5.89. The van der Waals surface area contributed by atoms with E-state index in [1.165, 1.54) is 25.2 Å². The zero-order valence-electron chi connectivity index (χ0n) is 15.0. The Balaban J connectivity index is 1.98. The summed E-state index contributed by atoms with van der Waals surface area (Å²) in [5.74, 6) is -0.502. The summed E-state index contributed by atoms with van der Waals surface area (Å²) < 4.78 is 26.3. The van der Waals surface area contributed by atoms with E-state index >= 15 is 0 Å². The Bertz CT molecular complexity index is 1030. The minimum Gasteiger partial charge on any atom is -0.339 e. The summed E-state index contributed by atoms with van der Waals surface area (Å²) in [7, 11) is -2.40. The van der Waals surface area contributed by atoms with E-state index in [1.807, 2.05) is 36.4 Å². The highest BCUT2D eigenvalue weighted by Crippen LogP contribution is 2.24. The molecular formula is C20H18ClN3O3S. The largest absolute Gasteiger partial charge is 0.339 e. The Morgan fingerprint density at radius 1 is 1.04 bits per heavy atom. The van der Waals surface area contributed by atoms with E-state index in [0.29, 0.717) is 5.69 Å². The van der Waals surface area contributed by atoms with E-state index in [-0.39, 0.29) is 15.5 Å². The van der Waals surface area contributed by atoms with Crippen molar-refractivity contribution in [2.45, 2.75) is 10.9 Å². The predicted molar refractivity (Wildman–Crippen MR) is 108 cm³/mol. The molecule has 1 atom stereocenters. The Labute approximate surface area is 168 Å². The molecule has 3 rings (SSSR count). The van der Waals surface area contributed by atoms with E-state index < -0.39 is 22.0 Å². The highest BCUT2D eigenvalue weighted by molar-refractivity contribution is 7.89. The molecule has 1 aromatic heterocycles. The van der Waals surface area contributed by atoms with Crippen molar-refractivity contribution < 1.29 is 13.2 Å². The standard InChI is InChI=1S/C20H18ClN3O3S/c1-22-28(26,27)15-10-11-17(21)16(13-15)20(25)24-19(14-7-3-2-4-8-14)18-9-5-6-12-23-18/h2-13,19,22H,1H3,(H,24,25). The van der Waals surface area contributed by atoms with Gasteiger partial charge in [-0.25, -0.2) is 13.1 Å². The molecule has 0 spiro atoms. The molecule has 1 amide bonds. The first kappa shape index (κ1) is 20.0. The Hall–Kier alpha value is -2.74. The van der Waals surface area contributed by atoms with Gasteiger partial charge in [0.1, 0.15) is 0 Å². The Morgan fingerprint density at radius 3 is 2.39 bits per heavy atom. The van der Waals surface area contributed by atoms with Crippen molar-refractivity contribution in [2.75, 3.05) is 7.05 Å². The molecule has 1 unspecified atom stereocenters. The zero-order valence-corrected chi connectivity index (χ0v) is 16.5. The molecule has 0 fully saturated rings. The monoisotopic (exact) mass is 415 g/mol. The van der Waals surface area contributed by atoms with Gasteiger partial charge in [-0.2, -0.15) is 0 Å². The van der Waals surface area contributed by atoms with Gasteiger partial charge in [0.25, 0.3) is 5.91 Å². The number of pyridine rings is 1. The van der Waals surface area contributed by atoms with Crippen molar-refractivity contribution in [3.05, 3.63) is 94.8 Å². The van der Waals surface area contributed by atoms with Gasteiger partial charge in [-0.15, -0.1) is 0 Å². The van der Waals surface area contributed by atoms with Crippen LogP contribution in [0.4, 0.5) is 0 Å². The lowest BCUT2D eigenvalue weighted by Crippen LogP contribution is -2.30. The minimum absolute atomic E-state index is 0.0429. The van der Waals surface area contributed by atoms with Crippen LogP contribution in [0.25, 0.3) is 0 Å². The van der Waals surface area contributed by atoms with Gasteiger partial charge in [0.05, 0.1) is 27.2 Å². The lowest BCUT2D eigenvalue weighted by atomic mass is 10.0. The number of benzene rings is 2. The van der Waals surface area contributed by atoms with Crippen LogP contribution in [0, 0.1) is 0 Å². The highest BCUT2D eigenvalue weighted by atomic mass is 35.5. The number of halogens is 1. The van der Waals surface area contributed by atoms with Gasteiger partial charge in [-0.05, 0) is 42.9 Å². The minimum atomic E-state index is -3.70. The molecule has 0 saturated heterocycles. The summed E-state index contributed by atoms with van der Waals surface area (Å²) >= 11 is 6.17. The van der Waals surface area contributed by atoms with Gasteiger partial charge in [0, 0.05) is 6.20 Å². The number of nitrogens with zero attached hydrogens (tertiary/aromatic N) is 1. The summed E-state index contributed by atoms with van der Waals surface area (Å²) in [4.78, 5) is 17.2. The third kappa shape index (κ3) is 4.39. The van der Waals surface area contributed by atoms with Crippen LogP contribution >= 0.6 is 11.6 Å². The molecule has 0 aliphatic rings. The number of hydrogen-bond acceptors (Lipinski definition) is 4. The summed E-state index contributed by atoms with van der Waals surface area (Å²) in [6.07, 6.45) is 1.64. The number of hydrogen-bond donors (Lipinski definition) is 2. The zero-order chi connectivity index (χ0) is 20.1. The quantitative estimate of drug-likeness (QED) is 0.647. The molecular weight excluding hydrogens is 398 g/mol. The van der Waals surface area contributed by atoms with Gasteiger partial charge in [-0.3, -0.25) is 9.78 Å². The van der Waals surface area contributed by atoms with E-state index in [1.54, 1.807) is 18.3 Å². The van der Waals surface area contributed by atoms with Crippen LogP contribution < -0.4 is 10.0 Å². The molecule has 0 bridgehead atoms. The van der Waals surface area contributed by atoms with Crippen molar-refractivity contribution in [2.24, 2.45) is 0 Å². The second-order valence-corrected chi connectivity index (χ2v) is 8.21. The number of nitrogens with one attached hydrogen (secondary N) is 2. The van der Waals surface area contributed by atoms with Crippen molar-refractivity contribution in [1.29, 1.82) is 0 Å². The maximum atomic E-state index is 13.0. The van der Waals surface area contributed by atoms with Gasteiger partial charge in [0.15, 0.2) is 0 Å². The van der Waals surface area contributed by atoms with E-state index in [0.717, 1.165) is 5.56 Å². The summed E-state index contributed by atoms with van der Waals surface area (Å²) in [6.45, 7) is 0. The summed E-state index contributed by atoms with van der Waals surface area (Å²) in [5, 5.41) is 3.06. The van der Waals surface area contributed by atoms with Crippen molar-refractivity contribution in [3.63, 3.8) is 0 Å². The van der Waals surface area contributed by atoms with Crippen LogP contribution in [-0.2, 0) is 10.0 Å². The molecule has 0 saturated carbocycles. The first-order valence-electron chi connectivity index (χ1n) is 8.42. The summed E-state index contributed by atoms with van der Waals surface area (Å²) in [5.41, 5.74) is 1.55. The number of sulfonamides is 1. The fourth-order valence-electron chi connectivity index (χ4n) is 2.69. The van der Waals surface area contributed by atoms with Crippen LogP contribution in [0.5, 0.6) is 0 Å². The van der Waals surface area contributed by atoms with Crippen LogP contribution in [0.1, 0.15) is 27.7 Å². The first-order valence-corrected chi connectivity index (χ1v) is 10.3. The van der Waals surface area contributed by atoms with Gasteiger partial charge in [-0.1, -0.05) is 48.0 Å². The van der Waals surface area contributed by atoms with Crippen molar-refractivity contribution >= 4 is 27.5 Å². The van der Waals surface area contributed by atoms with Gasteiger partial charge in [0.2, 0.25) is 10.0 Å². The topological polar surface area (TPSA) is 88.2 Å². The number of rotatable bonds is 6. The fourth-order valence-corrected chi connectivity index (χ4v) is 3.65. The van der Waals surface area contributed by atoms with Crippen LogP contribution in [0.2, 0.25) is 5.02 Å². The number of carbonyl (C=O) groups is 1. The molecule has 1 heterocycles. The van der Waals surface area contributed by atoms with Crippen molar-refractivity contribution in [1.82, 2.24) is 15.0 Å². The second-order valence-electron chi connectivity index (χ2n) is 5.92. The molecule has 2 aromatic carbocycles. The van der Waals surface area contributed by atoms with Crippen molar-refractivity contribution in [3.8, 4) is 0 Å². The summed E-state index contributed by atoms with van der Waals surface area (Å²) in [6, 6.07) is 18.3. The fraction of sp³-hybridized carbons (Fsp3) is 0.100. The molecule has 2 N–H and O–H groups in total. The number of carbonyl (C=O) groups excluding carboxylic acids is 1. The van der Waals surface area contributed by atoms with Crippen LogP contribution in [0.3, 0.4) is 0 Å². The lowest BCUT2D eigenvalue weighted by Gasteiger charge is -2.19. The lowest BCUT2D eigenvalue weighted by molar-refractivity contribution is 0.0942.